The van der Waals surface area contributed by atoms with Crippen molar-refractivity contribution in [3.63, 3.8) is 0 Å². The maximum Gasteiger partial charge on any atom is 0.277 e. The summed E-state index contributed by atoms with van der Waals surface area (Å²) in [5.74, 6) is -0.783. The predicted molar refractivity (Wildman–Crippen MR) is 116 cm³/mol. The molecule has 1 heterocycles. The summed E-state index contributed by atoms with van der Waals surface area (Å²) in [5.41, 5.74) is 0.339. The first-order valence-electron chi connectivity index (χ1n) is 9.25. The number of nitrogens with zero attached hydrogens (tertiary/aromatic N) is 3. The molecule has 0 unspecified atom stereocenters. The maximum absolute atomic E-state index is 12.5. The molecule has 2 N–H and O–H groups in total. The van der Waals surface area contributed by atoms with Crippen LogP contribution < -0.4 is 15.5 Å². The van der Waals surface area contributed by atoms with E-state index >= 15 is 0 Å². The molecule has 30 heavy (non-hydrogen) atoms. The van der Waals surface area contributed by atoms with E-state index in [-0.39, 0.29) is 10.7 Å². The fourth-order valence-corrected chi connectivity index (χ4v) is 3.46. The number of amides is 1. The van der Waals surface area contributed by atoms with Gasteiger partial charge in [0.15, 0.2) is 5.11 Å². The van der Waals surface area contributed by atoms with Crippen LogP contribution >= 0.6 is 12.2 Å². The van der Waals surface area contributed by atoms with Crippen molar-refractivity contribution >= 4 is 46.0 Å². The minimum atomic E-state index is -0.796. The highest BCUT2D eigenvalue weighted by molar-refractivity contribution is 7.80. The summed E-state index contributed by atoms with van der Waals surface area (Å²) >= 11 is 5.21. The summed E-state index contributed by atoms with van der Waals surface area (Å²) < 4.78 is 0. The number of non-ortho nitro benzene ring substituents is 2. The van der Waals surface area contributed by atoms with Gasteiger partial charge in [0.2, 0.25) is 0 Å². The van der Waals surface area contributed by atoms with E-state index < -0.39 is 27.1 Å². The predicted octanol–water partition coefficient (Wildman–Crippen LogP) is 3.62. The summed E-state index contributed by atoms with van der Waals surface area (Å²) in [4.78, 5) is 35.2. The number of nitrogens with one attached hydrogen (secondary N) is 2. The molecule has 1 fully saturated rings. The number of carbonyl (C=O) groups excluding carboxylic acids is 1. The van der Waals surface area contributed by atoms with Crippen molar-refractivity contribution < 1.29 is 14.6 Å². The number of nitro benzene ring substituents is 2. The Morgan fingerprint density at radius 3 is 2.17 bits per heavy atom. The van der Waals surface area contributed by atoms with Gasteiger partial charge in [-0.05, 0) is 43.6 Å². The van der Waals surface area contributed by atoms with Crippen LogP contribution in [-0.4, -0.2) is 34.0 Å². The topological polar surface area (TPSA) is 131 Å². The van der Waals surface area contributed by atoms with Crippen molar-refractivity contribution in [1.82, 2.24) is 5.32 Å². The lowest BCUT2D eigenvalue weighted by atomic mass is 10.1. The zero-order chi connectivity index (χ0) is 21.7. The summed E-state index contributed by atoms with van der Waals surface area (Å²) in [6, 6.07) is 10.3. The van der Waals surface area contributed by atoms with Gasteiger partial charge in [-0.2, -0.15) is 0 Å². The van der Waals surface area contributed by atoms with Gasteiger partial charge in [-0.3, -0.25) is 30.3 Å². The Balaban J connectivity index is 1.75. The third-order valence-electron chi connectivity index (χ3n) is 4.66. The highest BCUT2D eigenvalue weighted by Crippen LogP contribution is 2.28. The Morgan fingerprint density at radius 1 is 0.967 bits per heavy atom. The molecule has 2 aromatic rings. The number of para-hydroxylation sites is 2. The molecule has 0 spiro atoms. The Bertz CT molecular complexity index is 974. The van der Waals surface area contributed by atoms with E-state index in [0.717, 1.165) is 55.5 Å². The van der Waals surface area contributed by atoms with Crippen molar-refractivity contribution in [2.45, 2.75) is 19.3 Å². The smallest absolute Gasteiger partial charge is 0.277 e. The molecule has 1 aliphatic heterocycles. The van der Waals surface area contributed by atoms with Crippen molar-refractivity contribution in [3.8, 4) is 0 Å². The largest absolute Gasteiger partial charge is 0.370 e. The number of carbonyl (C=O) groups is 1. The number of hydrogen-bond acceptors (Lipinski definition) is 7. The molecule has 11 heteroatoms. The zero-order valence-corrected chi connectivity index (χ0v) is 16.7. The van der Waals surface area contributed by atoms with Gasteiger partial charge in [0.25, 0.3) is 17.3 Å². The maximum atomic E-state index is 12.5. The lowest BCUT2D eigenvalue weighted by molar-refractivity contribution is -0.394. The Labute approximate surface area is 177 Å². The minimum absolute atomic E-state index is 0.0152. The number of thiocarbonyl (C=S) groups is 1. The van der Waals surface area contributed by atoms with E-state index in [1.54, 1.807) is 0 Å². The average molecular weight is 429 g/mol. The standard InChI is InChI=1S/C19H19N5O5S/c25-18(13-10-14(23(26)27)12-15(11-13)24(28)29)21-19(30)20-16-6-2-3-7-17(16)22-8-4-1-5-9-22/h2-3,6-7,10-12H,1,4-5,8-9H2,(H2,20,21,25,30). The quantitative estimate of drug-likeness (QED) is 0.419. The second-order valence-corrected chi connectivity index (χ2v) is 7.13. The summed E-state index contributed by atoms with van der Waals surface area (Å²) in [6.45, 7) is 1.85. The second-order valence-electron chi connectivity index (χ2n) is 6.73. The van der Waals surface area contributed by atoms with Gasteiger partial charge in [-0.1, -0.05) is 12.1 Å². The van der Waals surface area contributed by atoms with E-state index in [9.17, 15) is 25.0 Å². The number of nitro groups is 2. The van der Waals surface area contributed by atoms with Crippen LogP contribution in [0.5, 0.6) is 0 Å². The van der Waals surface area contributed by atoms with Crippen molar-refractivity contribution in [3.05, 3.63) is 68.3 Å². The monoisotopic (exact) mass is 429 g/mol. The summed E-state index contributed by atoms with van der Waals surface area (Å²) in [7, 11) is 0. The molecule has 0 aliphatic carbocycles. The lowest BCUT2D eigenvalue weighted by Gasteiger charge is -2.30. The minimum Gasteiger partial charge on any atom is -0.370 e. The number of hydrogen-bond donors (Lipinski definition) is 2. The molecule has 3 rings (SSSR count). The van der Waals surface area contributed by atoms with Gasteiger partial charge < -0.3 is 10.2 Å². The van der Waals surface area contributed by atoms with Gasteiger partial charge in [0.05, 0.1) is 32.9 Å². The first-order chi connectivity index (χ1) is 14.3. The summed E-state index contributed by atoms with van der Waals surface area (Å²) in [5, 5.41) is 27.4. The van der Waals surface area contributed by atoms with Gasteiger partial charge in [0, 0.05) is 25.2 Å². The fourth-order valence-electron chi connectivity index (χ4n) is 3.26. The molecule has 0 atom stereocenters. The molecular formula is C19H19N5O5S. The van der Waals surface area contributed by atoms with Gasteiger partial charge in [-0.15, -0.1) is 0 Å². The Hall–Kier alpha value is -3.60. The van der Waals surface area contributed by atoms with Gasteiger partial charge in [0.1, 0.15) is 0 Å². The third-order valence-corrected chi connectivity index (χ3v) is 4.87. The Morgan fingerprint density at radius 2 is 1.57 bits per heavy atom. The van der Waals surface area contributed by atoms with Crippen LogP contribution in [0.3, 0.4) is 0 Å². The van der Waals surface area contributed by atoms with Crippen LogP contribution in [0.4, 0.5) is 22.7 Å². The number of benzene rings is 2. The van der Waals surface area contributed by atoms with Crippen molar-refractivity contribution in [2.24, 2.45) is 0 Å². The van der Waals surface area contributed by atoms with E-state index in [2.05, 4.69) is 15.5 Å². The molecule has 10 nitrogen and oxygen atoms in total. The Kier molecular flexibility index (Phi) is 6.52. The van der Waals surface area contributed by atoms with Crippen LogP contribution in [0.15, 0.2) is 42.5 Å². The van der Waals surface area contributed by atoms with Crippen LogP contribution in [0.1, 0.15) is 29.6 Å². The number of piperidine rings is 1. The first kappa shape index (κ1) is 21.1. The second kappa shape index (κ2) is 9.27. The van der Waals surface area contributed by atoms with E-state index in [1.807, 2.05) is 24.3 Å². The number of anilines is 2. The fraction of sp³-hybridized carbons (Fsp3) is 0.263. The van der Waals surface area contributed by atoms with Crippen LogP contribution in [-0.2, 0) is 0 Å². The number of rotatable bonds is 5. The van der Waals surface area contributed by atoms with Gasteiger partial charge >= 0.3 is 0 Å². The van der Waals surface area contributed by atoms with E-state index in [0.29, 0.717) is 0 Å². The molecule has 2 aromatic carbocycles. The van der Waals surface area contributed by atoms with Crippen LogP contribution in [0.2, 0.25) is 0 Å². The summed E-state index contributed by atoms with van der Waals surface area (Å²) in [6.07, 6.45) is 3.39. The highest BCUT2D eigenvalue weighted by Gasteiger charge is 2.21. The zero-order valence-electron chi connectivity index (χ0n) is 15.9. The molecule has 0 aromatic heterocycles. The van der Waals surface area contributed by atoms with Crippen LogP contribution in [0, 0.1) is 20.2 Å². The molecule has 0 saturated carbocycles. The van der Waals surface area contributed by atoms with E-state index in [4.69, 9.17) is 12.2 Å². The SMILES string of the molecule is O=C(NC(=S)Nc1ccccc1N1CCCCC1)c1cc([N+](=O)[O-])cc([N+](=O)[O-])c1. The molecule has 0 bridgehead atoms. The molecule has 1 aliphatic rings. The van der Waals surface area contributed by atoms with E-state index in [1.165, 1.54) is 6.42 Å². The van der Waals surface area contributed by atoms with Crippen molar-refractivity contribution in [1.29, 1.82) is 0 Å². The molecule has 156 valence electrons. The first-order valence-corrected chi connectivity index (χ1v) is 9.66. The average Bonchev–Trinajstić information content (AvgIpc) is 2.74. The molecule has 1 saturated heterocycles. The molecular weight excluding hydrogens is 410 g/mol. The van der Waals surface area contributed by atoms with Gasteiger partial charge in [-0.25, -0.2) is 0 Å². The molecule has 0 radical (unpaired) electrons. The normalized spacial score (nSPS) is 13.4. The third kappa shape index (κ3) is 5.06. The highest BCUT2D eigenvalue weighted by atomic mass is 32.1. The van der Waals surface area contributed by atoms with Crippen molar-refractivity contribution in [2.75, 3.05) is 23.3 Å². The molecule has 1 amide bonds. The van der Waals surface area contributed by atoms with Crippen LogP contribution in [0.25, 0.3) is 0 Å². The lowest BCUT2D eigenvalue weighted by Crippen LogP contribution is -2.35.